The molecule has 0 aliphatic carbocycles. The van der Waals surface area contributed by atoms with Crippen LogP contribution in [-0.4, -0.2) is 70.8 Å². The number of hydrogen-bond donors (Lipinski definition) is 4. The first-order chi connectivity index (χ1) is 20.7. The Bertz CT molecular complexity index is 1260. The Balaban J connectivity index is 2.59. The smallest absolute Gasteiger partial charge is 0.408 e. The van der Waals surface area contributed by atoms with Crippen molar-refractivity contribution in [1.82, 2.24) is 15.5 Å². The molecule has 0 aliphatic heterocycles. The van der Waals surface area contributed by atoms with E-state index in [1.54, 1.807) is 52.0 Å². The molecule has 0 bridgehead atoms. The summed E-state index contributed by atoms with van der Waals surface area (Å²) in [6.45, 7) is 8.68. The minimum absolute atomic E-state index is 0.0247. The molecule has 0 aromatic heterocycles. The number of hydrogen-bond acceptors (Lipinski definition) is 8. The second kappa shape index (κ2) is 17.1. The fourth-order valence-electron chi connectivity index (χ4n) is 4.62. The lowest BCUT2D eigenvalue weighted by atomic mass is 9.98. The number of aromatic hydroxyl groups is 2. The summed E-state index contributed by atoms with van der Waals surface area (Å²) in [4.78, 5) is 54.5. The number of phenols is 2. The number of unbranched alkanes of at least 4 members (excludes halogenated alkanes) is 4. The number of rotatable bonds is 15. The molecule has 0 aliphatic rings. The number of methoxy groups -OCH3 is 1. The molecule has 11 heteroatoms. The third-order valence-electron chi connectivity index (χ3n) is 6.88. The van der Waals surface area contributed by atoms with Gasteiger partial charge in [-0.05, 0) is 75.1 Å². The number of aryl methyl sites for hydroxylation is 1. The minimum atomic E-state index is -1.19. The predicted octanol–water partition coefficient (Wildman–Crippen LogP) is 4.67. The van der Waals surface area contributed by atoms with Crippen molar-refractivity contribution in [3.05, 3.63) is 59.2 Å². The Hall–Kier alpha value is -4.28. The lowest BCUT2D eigenvalue weighted by Gasteiger charge is -2.35. The van der Waals surface area contributed by atoms with Gasteiger partial charge in [0, 0.05) is 13.0 Å². The van der Waals surface area contributed by atoms with Crippen LogP contribution in [0.2, 0.25) is 0 Å². The average Bonchev–Trinajstić information content (AvgIpc) is 2.96. The summed E-state index contributed by atoms with van der Waals surface area (Å²) < 4.78 is 10.1. The highest BCUT2D eigenvalue weighted by Gasteiger charge is 2.36. The molecule has 242 valence electrons. The Morgan fingerprint density at radius 3 is 2.20 bits per heavy atom. The third-order valence-corrected chi connectivity index (χ3v) is 6.88. The SMILES string of the molecule is CCCCCCCN(C(=O)C(Cc1ccc(O)cc1)NC(=O)OC(C)(C)C)C(C(=O)NCC(=O)OC)c1ccc(O)c(C)c1. The number of carbonyl (C=O) groups is 4. The fraction of sp³-hybridized carbons (Fsp3) is 0.515. The van der Waals surface area contributed by atoms with Gasteiger partial charge in [0.1, 0.15) is 35.7 Å². The van der Waals surface area contributed by atoms with E-state index in [1.807, 2.05) is 0 Å². The molecule has 0 radical (unpaired) electrons. The molecule has 2 aromatic carbocycles. The van der Waals surface area contributed by atoms with Crippen molar-refractivity contribution in [3.8, 4) is 11.5 Å². The number of alkyl carbamates (subject to hydrolysis) is 1. The first kappa shape index (κ1) is 35.9. The zero-order valence-corrected chi connectivity index (χ0v) is 26.6. The van der Waals surface area contributed by atoms with Gasteiger partial charge in [0.2, 0.25) is 11.8 Å². The lowest BCUT2D eigenvalue weighted by Crippen LogP contribution is -2.54. The van der Waals surface area contributed by atoms with E-state index in [9.17, 15) is 29.4 Å². The summed E-state index contributed by atoms with van der Waals surface area (Å²) in [5, 5.41) is 25.2. The highest BCUT2D eigenvalue weighted by Crippen LogP contribution is 2.28. The molecule has 3 amide bonds. The molecule has 2 unspecified atom stereocenters. The van der Waals surface area contributed by atoms with E-state index < -0.39 is 48.1 Å². The molecular formula is C33H47N3O8. The Morgan fingerprint density at radius 1 is 0.955 bits per heavy atom. The summed E-state index contributed by atoms with van der Waals surface area (Å²) in [7, 11) is 1.21. The molecule has 0 fully saturated rings. The standard InChI is InChI=1S/C33H47N3O8/c1-7-8-9-10-11-18-36(29(30(40)34-21-28(39)43-6)24-14-17-27(38)22(2)19-24)31(41)26(35-32(42)44-33(3,4)5)20-23-12-15-25(37)16-13-23/h12-17,19,26,29,37-38H,7-11,18,20-21H2,1-6H3,(H,34,40)(H,35,42). The van der Waals surface area contributed by atoms with Gasteiger partial charge in [-0.2, -0.15) is 0 Å². The first-order valence-corrected chi connectivity index (χ1v) is 15.0. The van der Waals surface area contributed by atoms with Gasteiger partial charge in [-0.25, -0.2) is 4.79 Å². The molecule has 11 nitrogen and oxygen atoms in total. The number of nitrogens with one attached hydrogen (secondary N) is 2. The van der Waals surface area contributed by atoms with Crippen LogP contribution in [0.15, 0.2) is 42.5 Å². The van der Waals surface area contributed by atoms with Gasteiger partial charge in [-0.3, -0.25) is 14.4 Å². The molecule has 4 N–H and O–H groups in total. The minimum Gasteiger partial charge on any atom is -0.508 e. The van der Waals surface area contributed by atoms with Crippen LogP contribution in [0.4, 0.5) is 4.79 Å². The predicted molar refractivity (Wildman–Crippen MR) is 166 cm³/mol. The molecule has 2 rings (SSSR count). The Labute approximate surface area is 259 Å². The maximum atomic E-state index is 14.5. The molecule has 0 spiro atoms. The zero-order chi connectivity index (χ0) is 32.9. The van der Waals surface area contributed by atoms with Gasteiger partial charge in [0.25, 0.3) is 0 Å². The third kappa shape index (κ3) is 11.8. The van der Waals surface area contributed by atoms with E-state index >= 15 is 0 Å². The topological polar surface area (TPSA) is 154 Å². The van der Waals surface area contributed by atoms with Crippen LogP contribution in [0.5, 0.6) is 11.5 Å². The Morgan fingerprint density at radius 2 is 1.61 bits per heavy atom. The molecule has 2 atom stereocenters. The lowest BCUT2D eigenvalue weighted by molar-refractivity contribution is -0.144. The first-order valence-electron chi connectivity index (χ1n) is 15.0. The number of benzene rings is 2. The van der Waals surface area contributed by atoms with E-state index in [-0.39, 0.29) is 24.5 Å². The summed E-state index contributed by atoms with van der Waals surface area (Å²) in [5.41, 5.74) is 0.753. The van der Waals surface area contributed by atoms with Gasteiger partial charge in [0.05, 0.1) is 7.11 Å². The number of amides is 3. The summed E-state index contributed by atoms with van der Waals surface area (Å²) in [6, 6.07) is 8.54. The number of carbonyl (C=O) groups excluding carboxylic acids is 4. The van der Waals surface area contributed by atoms with Crippen molar-refractivity contribution in [2.45, 2.75) is 90.8 Å². The van der Waals surface area contributed by atoms with Crippen molar-refractivity contribution in [1.29, 1.82) is 0 Å². The average molecular weight is 614 g/mol. The van der Waals surface area contributed by atoms with Crippen LogP contribution >= 0.6 is 0 Å². The van der Waals surface area contributed by atoms with E-state index in [1.165, 1.54) is 30.2 Å². The summed E-state index contributed by atoms with van der Waals surface area (Å²) in [5.74, 6) is -1.74. The second-order valence-electron chi connectivity index (χ2n) is 11.8. The molecule has 44 heavy (non-hydrogen) atoms. The van der Waals surface area contributed by atoms with E-state index in [0.29, 0.717) is 23.1 Å². The molecule has 0 saturated heterocycles. The highest BCUT2D eigenvalue weighted by atomic mass is 16.6. The summed E-state index contributed by atoms with van der Waals surface area (Å²) in [6.07, 6.45) is 3.65. The van der Waals surface area contributed by atoms with E-state index in [2.05, 4.69) is 22.3 Å². The van der Waals surface area contributed by atoms with Gasteiger partial charge in [-0.1, -0.05) is 50.8 Å². The van der Waals surface area contributed by atoms with Gasteiger partial charge in [-0.15, -0.1) is 0 Å². The van der Waals surface area contributed by atoms with Crippen LogP contribution in [0.25, 0.3) is 0 Å². The molecule has 2 aromatic rings. The zero-order valence-electron chi connectivity index (χ0n) is 26.6. The number of phenolic OH excluding ortho intramolecular Hbond substituents is 2. The fourth-order valence-corrected chi connectivity index (χ4v) is 4.62. The normalized spacial score (nSPS) is 12.5. The second-order valence-corrected chi connectivity index (χ2v) is 11.8. The van der Waals surface area contributed by atoms with E-state index in [4.69, 9.17) is 4.74 Å². The van der Waals surface area contributed by atoms with Gasteiger partial charge in [0.15, 0.2) is 0 Å². The van der Waals surface area contributed by atoms with Crippen LogP contribution < -0.4 is 10.6 Å². The van der Waals surface area contributed by atoms with Crippen LogP contribution in [-0.2, 0) is 30.3 Å². The number of ether oxygens (including phenoxy) is 2. The monoisotopic (exact) mass is 613 g/mol. The molecule has 0 saturated carbocycles. The van der Waals surface area contributed by atoms with Crippen molar-refractivity contribution in [2.75, 3.05) is 20.2 Å². The van der Waals surface area contributed by atoms with Gasteiger partial charge >= 0.3 is 12.1 Å². The van der Waals surface area contributed by atoms with Gasteiger partial charge < -0.3 is 35.2 Å². The number of nitrogens with zero attached hydrogens (tertiary/aromatic N) is 1. The molecule has 0 heterocycles. The Kier molecular flexibility index (Phi) is 14.0. The highest BCUT2D eigenvalue weighted by molar-refractivity contribution is 5.93. The van der Waals surface area contributed by atoms with E-state index in [0.717, 1.165) is 25.7 Å². The van der Waals surface area contributed by atoms with Crippen LogP contribution in [0.3, 0.4) is 0 Å². The maximum absolute atomic E-state index is 14.5. The quantitative estimate of drug-likeness (QED) is 0.167. The summed E-state index contributed by atoms with van der Waals surface area (Å²) >= 11 is 0. The number of esters is 1. The van der Waals surface area contributed by atoms with Crippen molar-refractivity contribution < 1.29 is 38.9 Å². The van der Waals surface area contributed by atoms with Crippen molar-refractivity contribution in [2.24, 2.45) is 0 Å². The molecular weight excluding hydrogens is 566 g/mol. The van der Waals surface area contributed by atoms with Crippen molar-refractivity contribution in [3.63, 3.8) is 0 Å². The van der Waals surface area contributed by atoms with Crippen molar-refractivity contribution >= 4 is 23.9 Å². The maximum Gasteiger partial charge on any atom is 0.408 e. The van der Waals surface area contributed by atoms with Crippen LogP contribution in [0, 0.1) is 6.92 Å². The van der Waals surface area contributed by atoms with Crippen LogP contribution in [0.1, 0.15) is 82.5 Å². The largest absolute Gasteiger partial charge is 0.508 e.